The average molecular weight is 205 g/mol. The fourth-order valence-corrected chi connectivity index (χ4v) is 2.43. The lowest BCUT2D eigenvalue weighted by molar-refractivity contribution is 0.571. The first-order valence-electron chi connectivity index (χ1n) is 6.09. The van der Waals surface area contributed by atoms with Crippen LogP contribution in [0.2, 0.25) is 0 Å². The third kappa shape index (κ3) is 1.93. The van der Waals surface area contributed by atoms with Crippen molar-refractivity contribution in [3.05, 3.63) is 17.2 Å². The Hall–Kier alpha value is -0.830. The van der Waals surface area contributed by atoms with Gasteiger partial charge in [-0.15, -0.1) is 0 Å². The third-order valence-corrected chi connectivity index (χ3v) is 3.61. The Balaban J connectivity index is 1.72. The minimum Gasteiger partial charge on any atom is -0.346 e. The summed E-state index contributed by atoms with van der Waals surface area (Å²) >= 11 is 0. The second kappa shape index (κ2) is 3.63. The van der Waals surface area contributed by atoms with Gasteiger partial charge in [0.2, 0.25) is 0 Å². The Kier molecular flexibility index (Phi) is 2.28. The molecule has 1 saturated heterocycles. The number of hydrogen-bond acceptors (Lipinski definition) is 2. The molecular formula is C12H19N3. The summed E-state index contributed by atoms with van der Waals surface area (Å²) in [6.07, 6.45) is 5.13. The Labute approximate surface area is 90.7 Å². The van der Waals surface area contributed by atoms with Gasteiger partial charge in [0.05, 0.1) is 5.69 Å². The molecule has 82 valence electrons. The monoisotopic (exact) mass is 205 g/mol. The minimum absolute atomic E-state index is 0.749. The minimum atomic E-state index is 0.749. The smallest absolute Gasteiger partial charge is 0.109 e. The molecule has 2 heterocycles. The number of imidazole rings is 1. The molecular weight excluding hydrogens is 186 g/mol. The summed E-state index contributed by atoms with van der Waals surface area (Å²) in [6.45, 7) is 4.52. The number of aromatic nitrogens is 2. The van der Waals surface area contributed by atoms with Gasteiger partial charge in [0.1, 0.15) is 5.82 Å². The molecule has 2 N–H and O–H groups in total. The molecule has 1 aromatic heterocycles. The first-order chi connectivity index (χ1) is 7.33. The van der Waals surface area contributed by atoms with Crippen LogP contribution in [0.5, 0.6) is 0 Å². The molecule has 3 rings (SSSR count). The fourth-order valence-electron chi connectivity index (χ4n) is 2.43. The van der Waals surface area contributed by atoms with E-state index in [0.29, 0.717) is 0 Å². The highest BCUT2D eigenvalue weighted by Gasteiger charge is 2.28. The van der Waals surface area contributed by atoms with Crippen molar-refractivity contribution in [2.24, 2.45) is 5.92 Å². The third-order valence-electron chi connectivity index (χ3n) is 3.61. The lowest BCUT2D eigenvalue weighted by Gasteiger charge is -2.05. The molecule has 2 fully saturated rings. The van der Waals surface area contributed by atoms with Crippen LogP contribution in [-0.4, -0.2) is 23.1 Å². The Morgan fingerprint density at radius 2 is 2.20 bits per heavy atom. The van der Waals surface area contributed by atoms with Gasteiger partial charge in [-0.05, 0) is 51.6 Å². The van der Waals surface area contributed by atoms with Crippen molar-refractivity contribution in [2.75, 3.05) is 13.1 Å². The lowest BCUT2D eigenvalue weighted by atomic mass is 10.0. The van der Waals surface area contributed by atoms with Crippen LogP contribution in [0.25, 0.3) is 0 Å². The zero-order valence-electron chi connectivity index (χ0n) is 9.34. The van der Waals surface area contributed by atoms with Crippen LogP contribution in [0.1, 0.15) is 42.4 Å². The molecule has 1 aliphatic heterocycles. The van der Waals surface area contributed by atoms with Gasteiger partial charge in [0.15, 0.2) is 0 Å². The summed E-state index contributed by atoms with van der Waals surface area (Å²) < 4.78 is 0. The molecule has 3 nitrogen and oxygen atoms in total. The van der Waals surface area contributed by atoms with Gasteiger partial charge in [0.25, 0.3) is 0 Å². The van der Waals surface area contributed by atoms with E-state index in [1.54, 1.807) is 0 Å². The largest absolute Gasteiger partial charge is 0.346 e. The molecule has 2 aliphatic rings. The molecule has 15 heavy (non-hydrogen) atoms. The molecule has 1 unspecified atom stereocenters. The van der Waals surface area contributed by atoms with Crippen molar-refractivity contribution in [3.63, 3.8) is 0 Å². The summed E-state index contributed by atoms with van der Waals surface area (Å²) in [5.41, 5.74) is 2.61. The normalized spacial score (nSPS) is 26.1. The molecule has 0 aromatic carbocycles. The van der Waals surface area contributed by atoms with E-state index in [2.05, 4.69) is 17.2 Å². The van der Waals surface area contributed by atoms with E-state index in [0.717, 1.165) is 18.3 Å². The van der Waals surface area contributed by atoms with E-state index in [1.165, 1.54) is 49.6 Å². The number of hydrogen-bond donors (Lipinski definition) is 2. The van der Waals surface area contributed by atoms with Crippen LogP contribution in [0.3, 0.4) is 0 Å². The maximum absolute atomic E-state index is 4.75. The van der Waals surface area contributed by atoms with Crippen molar-refractivity contribution < 1.29 is 0 Å². The molecule has 1 saturated carbocycles. The molecule has 1 aromatic rings. The van der Waals surface area contributed by atoms with Gasteiger partial charge in [-0.1, -0.05) is 0 Å². The Bertz CT molecular complexity index is 346. The summed E-state index contributed by atoms with van der Waals surface area (Å²) in [5.74, 6) is 2.80. The van der Waals surface area contributed by atoms with E-state index in [-0.39, 0.29) is 0 Å². The lowest BCUT2D eigenvalue weighted by Crippen LogP contribution is -2.11. The van der Waals surface area contributed by atoms with Crippen LogP contribution in [-0.2, 0) is 6.42 Å². The first kappa shape index (κ1) is 9.40. The molecule has 3 heteroatoms. The number of H-pyrrole nitrogens is 1. The topological polar surface area (TPSA) is 40.7 Å². The summed E-state index contributed by atoms with van der Waals surface area (Å²) in [4.78, 5) is 8.20. The van der Waals surface area contributed by atoms with E-state index in [9.17, 15) is 0 Å². The summed E-state index contributed by atoms with van der Waals surface area (Å²) in [6, 6.07) is 0. The average Bonchev–Trinajstić information content (AvgIpc) is 2.84. The highest BCUT2D eigenvalue weighted by Crippen LogP contribution is 2.38. The molecule has 0 bridgehead atoms. The molecule has 0 amide bonds. The quantitative estimate of drug-likeness (QED) is 0.789. The second-order valence-electron chi connectivity index (χ2n) is 5.03. The zero-order chi connectivity index (χ0) is 10.3. The first-order valence-corrected chi connectivity index (χ1v) is 6.09. The van der Waals surface area contributed by atoms with Gasteiger partial charge in [0, 0.05) is 11.6 Å². The van der Waals surface area contributed by atoms with Crippen molar-refractivity contribution in [2.45, 2.75) is 38.5 Å². The van der Waals surface area contributed by atoms with Crippen LogP contribution in [0.15, 0.2) is 0 Å². The van der Waals surface area contributed by atoms with E-state index >= 15 is 0 Å². The number of nitrogens with zero attached hydrogens (tertiary/aromatic N) is 1. The van der Waals surface area contributed by atoms with Crippen molar-refractivity contribution in [1.29, 1.82) is 0 Å². The van der Waals surface area contributed by atoms with Gasteiger partial charge >= 0.3 is 0 Å². The van der Waals surface area contributed by atoms with Crippen molar-refractivity contribution in [3.8, 4) is 0 Å². The van der Waals surface area contributed by atoms with E-state index in [4.69, 9.17) is 4.98 Å². The Morgan fingerprint density at radius 1 is 1.33 bits per heavy atom. The van der Waals surface area contributed by atoms with Crippen LogP contribution in [0.4, 0.5) is 0 Å². The molecule has 1 atom stereocenters. The maximum atomic E-state index is 4.75. The number of aryl methyl sites for hydroxylation is 1. The summed E-state index contributed by atoms with van der Waals surface area (Å²) in [5, 5.41) is 3.42. The molecule has 1 aliphatic carbocycles. The predicted molar refractivity (Wildman–Crippen MR) is 60.0 cm³/mol. The molecule has 0 spiro atoms. The fraction of sp³-hybridized carbons (Fsp3) is 0.750. The summed E-state index contributed by atoms with van der Waals surface area (Å²) in [7, 11) is 0. The van der Waals surface area contributed by atoms with Gasteiger partial charge in [-0.2, -0.15) is 0 Å². The second-order valence-corrected chi connectivity index (χ2v) is 5.03. The van der Waals surface area contributed by atoms with E-state index < -0.39 is 0 Å². The Morgan fingerprint density at radius 3 is 2.87 bits per heavy atom. The predicted octanol–water partition coefficient (Wildman–Crippen LogP) is 1.75. The van der Waals surface area contributed by atoms with Crippen LogP contribution >= 0.6 is 0 Å². The van der Waals surface area contributed by atoms with E-state index in [1.807, 2.05) is 0 Å². The highest BCUT2D eigenvalue weighted by molar-refractivity contribution is 5.18. The maximum Gasteiger partial charge on any atom is 0.109 e. The highest BCUT2D eigenvalue weighted by atomic mass is 15.0. The number of nitrogens with one attached hydrogen (secondary N) is 2. The van der Waals surface area contributed by atoms with Crippen molar-refractivity contribution >= 4 is 0 Å². The standard InChI is InChI=1S/C12H19N3/c1-8-11(6-9-4-5-13-7-9)15-12(14-8)10-2-3-10/h9-10,13H,2-7H2,1H3,(H,14,15). The van der Waals surface area contributed by atoms with Gasteiger partial charge in [-0.25, -0.2) is 4.98 Å². The van der Waals surface area contributed by atoms with Gasteiger partial charge < -0.3 is 10.3 Å². The SMILES string of the molecule is Cc1[nH]c(C2CC2)nc1CC1CCNC1. The van der Waals surface area contributed by atoms with Crippen molar-refractivity contribution in [1.82, 2.24) is 15.3 Å². The molecule has 0 radical (unpaired) electrons. The number of rotatable bonds is 3. The van der Waals surface area contributed by atoms with Crippen LogP contribution < -0.4 is 5.32 Å². The zero-order valence-corrected chi connectivity index (χ0v) is 9.34. The van der Waals surface area contributed by atoms with Crippen LogP contribution in [0, 0.1) is 12.8 Å². The number of aromatic amines is 1. The van der Waals surface area contributed by atoms with Gasteiger partial charge in [-0.3, -0.25) is 0 Å².